The maximum atomic E-state index is 13.2. The van der Waals surface area contributed by atoms with E-state index in [2.05, 4.69) is 26.3 Å². The molecule has 0 radical (unpaired) electrons. The van der Waals surface area contributed by atoms with Crippen molar-refractivity contribution >= 4 is 15.2 Å². The number of nitrogens with one attached hydrogen (secondary N) is 1. The van der Waals surface area contributed by atoms with Crippen LogP contribution in [0.2, 0.25) is 0 Å². The molecule has 2 unspecified atom stereocenters. The fourth-order valence-corrected chi connectivity index (χ4v) is 7.98. The molecule has 3 rings (SSSR count). The van der Waals surface area contributed by atoms with Gasteiger partial charge in [-0.3, -0.25) is 14.3 Å². The monoisotopic (exact) mass is 758 g/mol. The minimum Gasteiger partial charge on any atom is -0.778 e. The van der Waals surface area contributed by atoms with Gasteiger partial charge in [0.2, 0.25) is 0 Å². The lowest BCUT2D eigenvalue weighted by atomic mass is 9.98. The average molecular weight is 759 g/mol. The number of aromatic nitrogens is 2. The van der Waals surface area contributed by atoms with Gasteiger partial charge in [-0.05, 0) is 0 Å². The SMILES string of the molecule is C=CCOC[C@H]1O[C@H](OP(=O)([O-])CP(=O)([O-])OC[C@H]2O[C@@H](n3ccc(=O)[nH]c3=O)[C@H](O)[C@@H]2O)[C@H](OCC=C)[C@@H](OCC=C)[C@@H]1OCC=C.[NH4+].[NH4+]. The summed E-state index contributed by atoms with van der Waals surface area (Å²) < 4.78 is 71.2. The molecule has 11 atom stereocenters. The van der Waals surface area contributed by atoms with Crippen molar-refractivity contribution in [1.29, 1.82) is 0 Å². The Morgan fingerprint density at radius 1 is 0.820 bits per heavy atom. The van der Waals surface area contributed by atoms with Crippen LogP contribution in [-0.4, -0.2) is 114 Å². The highest BCUT2D eigenvalue weighted by Gasteiger charge is 2.50. The lowest BCUT2D eigenvalue weighted by Gasteiger charge is -2.47. The van der Waals surface area contributed by atoms with Gasteiger partial charge in [-0.15, -0.1) is 26.3 Å². The highest BCUT2D eigenvalue weighted by Crippen LogP contribution is 2.55. The van der Waals surface area contributed by atoms with Crippen LogP contribution in [0.5, 0.6) is 0 Å². The Kier molecular flexibility index (Phi) is 19.3. The van der Waals surface area contributed by atoms with Crippen molar-refractivity contribution in [2.24, 2.45) is 0 Å². The first-order valence-electron chi connectivity index (χ1n) is 14.5. The molecule has 0 spiro atoms. The second-order valence-electron chi connectivity index (χ2n) is 10.5. The number of H-pyrrole nitrogens is 1. The Bertz CT molecular complexity index is 1460. The van der Waals surface area contributed by atoms with Crippen molar-refractivity contribution in [2.75, 3.05) is 45.5 Å². The van der Waals surface area contributed by atoms with Gasteiger partial charge in [0, 0.05) is 12.3 Å². The average Bonchev–Trinajstić information content (AvgIpc) is 3.29. The van der Waals surface area contributed by atoms with E-state index in [1.807, 2.05) is 4.98 Å². The molecule has 50 heavy (non-hydrogen) atoms. The minimum atomic E-state index is -5.37. The fraction of sp³-hybridized carbons (Fsp3) is 0.571. The normalized spacial score (nSPS) is 30.1. The summed E-state index contributed by atoms with van der Waals surface area (Å²) in [5, 5.41) is 20.8. The Balaban J connectivity index is 0.00000625. The number of aromatic amines is 1. The third-order valence-corrected chi connectivity index (χ3v) is 10.7. The first-order chi connectivity index (χ1) is 22.8. The topological polar surface area (TPSA) is 322 Å². The van der Waals surface area contributed by atoms with Crippen LogP contribution in [0.25, 0.3) is 0 Å². The minimum absolute atomic E-state index is 0. The molecule has 2 aliphatic heterocycles. The Hall–Kier alpha value is -2.46. The van der Waals surface area contributed by atoms with Crippen LogP contribution < -0.4 is 33.3 Å². The third-order valence-electron chi connectivity index (χ3n) is 6.84. The molecule has 2 fully saturated rings. The number of hydrogen-bond donors (Lipinski definition) is 5. The molecular formula is C28H48N4O16P2. The number of nitrogens with zero attached hydrogens (tertiary/aromatic N) is 1. The van der Waals surface area contributed by atoms with Gasteiger partial charge in [-0.1, -0.05) is 24.3 Å². The molecule has 1 aromatic heterocycles. The summed E-state index contributed by atoms with van der Waals surface area (Å²) in [6.07, 6.45) is -5.74. The standard InChI is InChI=1S/C28H42N2O16P2.2H3N/c1-5-11-39-15-19-23(40-12-6-2)24(41-13-7-3)25(42-14-8-4)27(45-19)46-48(37,38)17-47(35,36)43-16-18-21(32)22(33)26(44-18)30-10-9-20(31)29-28(30)34;;/h5-10,18-19,21-27,32-33H,1-4,11-17H2,(H,35,36)(H,37,38)(H,29,31,34);2*1H3/t18-,19-,21-,22-,23-,24+,25-,26-,27-;;/m1../s1. The maximum Gasteiger partial charge on any atom is 0.330 e. The zero-order valence-electron chi connectivity index (χ0n) is 27.9. The Morgan fingerprint density at radius 2 is 1.40 bits per heavy atom. The number of aliphatic hydroxyl groups excluding tert-OH is 2. The summed E-state index contributed by atoms with van der Waals surface area (Å²) in [5.74, 6) is -1.66. The molecule has 0 aromatic carbocycles. The van der Waals surface area contributed by atoms with E-state index in [-0.39, 0.29) is 45.3 Å². The molecule has 3 heterocycles. The summed E-state index contributed by atoms with van der Waals surface area (Å²) in [7, 11) is -10.7. The van der Waals surface area contributed by atoms with Gasteiger partial charge < -0.3 is 78.9 Å². The van der Waals surface area contributed by atoms with E-state index in [0.29, 0.717) is 0 Å². The van der Waals surface area contributed by atoms with Crippen molar-refractivity contribution < 1.29 is 66.6 Å². The van der Waals surface area contributed by atoms with Crippen LogP contribution in [0.1, 0.15) is 6.23 Å². The second kappa shape index (κ2) is 21.2. The highest BCUT2D eigenvalue weighted by atomic mass is 31.2. The zero-order chi connectivity index (χ0) is 35.5. The van der Waals surface area contributed by atoms with Gasteiger partial charge >= 0.3 is 5.69 Å². The lowest BCUT2D eigenvalue weighted by Crippen LogP contribution is -2.62. The molecule has 0 bridgehead atoms. The highest BCUT2D eigenvalue weighted by molar-refractivity contribution is 7.69. The molecule has 0 aliphatic carbocycles. The van der Waals surface area contributed by atoms with E-state index < -0.39 is 94.2 Å². The van der Waals surface area contributed by atoms with Crippen molar-refractivity contribution in [1.82, 2.24) is 21.9 Å². The molecule has 0 amide bonds. The molecule has 2 saturated heterocycles. The van der Waals surface area contributed by atoms with E-state index in [9.17, 15) is 38.7 Å². The number of hydrogen-bond acceptors (Lipinski definition) is 16. The van der Waals surface area contributed by atoms with Crippen molar-refractivity contribution in [3.8, 4) is 0 Å². The van der Waals surface area contributed by atoms with E-state index in [1.165, 1.54) is 24.3 Å². The summed E-state index contributed by atoms with van der Waals surface area (Å²) in [5.41, 5.74) is -1.69. The van der Waals surface area contributed by atoms with Crippen LogP contribution in [-0.2, 0) is 46.6 Å². The van der Waals surface area contributed by atoms with E-state index >= 15 is 0 Å². The zero-order valence-corrected chi connectivity index (χ0v) is 29.7. The van der Waals surface area contributed by atoms with Gasteiger partial charge in [0.1, 0.15) is 57.9 Å². The summed E-state index contributed by atoms with van der Waals surface area (Å²) in [6.45, 7) is 13.4. The van der Waals surface area contributed by atoms with Gasteiger partial charge in [0.25, 0.3) is 5.56 Å². The smallest absolute Gasteiger partial charge is 0.330 e. The maximum absolute atomic E-state index is 13.2. The number of aliphatic hydroxyl groups is 2. The molecule has 286 valence electrons. The van der Waals surface area contributed by atoms with Crippen LogP contribution in [0.3, 0.4) is 0 Å². The molecule has 20 nitrogen and oxygen atoms in total. The van der Waals surface area contributed by atoms with Gasteiger partial charge in [-0.25, -0.2) is 4.79 Å². The van der Waals surface area contributed by atoms with Crippen LogP contribution >= 0.6 is 15.2 Å². The lowest BCUT2D eigenvalue weighted by molar-refractivity contribution is -0.312. The quantitative estimate of drug-likeness (QED) is 0.0607. The largest absolute Gasteiger partial charge is 0.778 e. The molecule has 1 aromatic rings. The Labute approximate surface area is 288 Å². The Morgan fingerprint density at radius 3 is 1.98 bits per heavy atom. The van der Waals surface area contributed by atoms with E-state index in [1.54, 1.807) is 0 Å². The molecule has 11 N–H and O–H groups in total. The predicted octanol–water partition coefficient (Wildman–Crippen LogP) is -0.353. The summed E-state index contributed by atoms with van der Waals surface area (Å²) >= 11 is 0. The molecule has 2 aliphatic rings. The molecule has 22 heteroatoms. The number of rotatable bonds is 21. The predicted molar refractivity (Wildman–Crippen MR) is 176 cm³/mol. The molecular weight excluding hydrogens is 710 g/mol. The van der Waals surface area contributed by atoms with Gasteiger partial charge in [0.05, 0.1) is 45.5 Å². The first kappa shape index (κ1) is 45.6. The van der Waals surface area contributed by atoms with Crippen molar-refractivity contribution in [3.63, 3.8) is 0 Å². The van der Waals surface area contributed by atoms with Crippen LogP contribution in [0.4, 0.5) is 0 Å². The molecule has 0 saturated carbocycles. The fourth-order valence-electron chi connectivity index (χ4n) is 4.83. The van der Waals surface area contributed by atoms with Crippen LogP contribution in [0.15, 0.2) is 72.5 Å². The van der Waals surface area contributed by atoms with E-state index in [0.717, 1.165) is 16.8 Å². The van der Waals surface area contributed by atoms with Crippen molar-refractivity contribution in [3.05, 3.63) is 83.7 Å². The summed E-state index contributed by atoms with van der Waals surface area (Å²) in [4.78, 5) is 51.4. The van der Waals surface area contributed by atoms with E-state index in [4.69, 9.17) is 37.5 Å². The number of quaternary nitrogens is 2. The second-order valence-corrected chi connectivity index (χ2v) is 14.5. The third kappa shape index (κ3) is 12.6. The first-order valence-corrected chi connectivity index (χ1v) is 18.0. The van der Waals surface area contributed by atoms with Crippen LogP contribution in [0, 0.1) is 0 Å². The van der Waals surface area contributed by atoms with Gasteiger partial charge in [0.15, 0.2) is 12.5 Å². The number of ether oxygens (including phenoxy) is 6. The van der Waals surface area contributed by atoms with Crippen molar-refractivity contribution in [2.45, 2.75) is 55.2 Å². The summed E-state index contributed by atoms with van der Waals surface area (Å²) in [6, 6.07) is 0.965. The van der Waals surface area contributed by atoms with Gasteiger partial charge in [-0.2, -0.15) is 0 Å².